The van der Waals surface area contributed by atoms with Crippen LogP contribution in [-0.4, -0.2) is 30.4 Å². The Labute approximate surface area is 137 Å². The minimum Gasteiger partial charge on any atom is -0.312 e. The van der Waals surface area contributed by atoms with Crippen molar-refractivity contribution < 1.29 is 9.18 Å². The standard InChI is InChI=1S/C19H23FN2O/c1-3-21(14-16-9-8-10-17(20)13-16)15-19(23)22(4-2)18-11-6-5-7-12-18/h5-13H,3-4,14-15H2,1-2H3. The van der Waals surface area contributed by atoms with Gasteiger partial charge in [-0.05, 0) is 43.3 Å². The molecular formula is C19H23FN2O. The van der Waals surface area contributed by atoms with Crippen LogP contribution in [0.25, 0.3) is 0 Å². The van der Waals surface area contributed by atoms with E-state index < -0.39 is 0 Å². The Hall–Kier alpha value is -2.20. The van der Waals surface area contributed by atoms with Crippen molar-refractivity contribution in [2.75, 3.05) is 24.5 Å². The molecule has 2 rings (SSSR count). The molecule has 4 heteroatoms. The van der Waals surface area contributed by atoms with Crippen molar-refractivity contribution in [3.8, 4) is 0 Å². The van der Waals surface area contributed by atoms with E-state index in [0.29, 0.717) is 19.6 Å². The van der Waals surface area contributed by atoms with Crippen LogP contribution >= 0.6 is 0 Å². The summed E-state index contributed by atoms with van der Waals surface area (Å²) in [5.41, 5.74) is 1.78. The highest BCUT2D eigenvalue weighted by atomic mass is 19.1. The maximum Gasteiger partial charge on any atom is 0.241 e. The van der Waals surface area contributed by atoms with Crippen molar-refractivity contribution in [2.24, 2.45) is 0 Å². The van der Waals surface area contributed by atoms with Crippen LogP contribution in [0.15, 0.2) is 54.6 Å². The molecule has 0 radical (unpaired) electrons. The quantitative estimate of drug-likeness (QED) is 0.778. The predicted molar refractivity (Wildman–Crippen MR) is 91.8 cm³/mol. The summed E-state index contributed by atoms with van der Waals surface area (Å²) in [6, 6.07) is 16.2. The van der Waals surface area contributed by atoms with Gasteiger partial charge in [-0.2, -0.15) is 0 Å². The smallest absolute Gasteiger partial charge is 0.241 e. The van der Waals surface area contributed by atoms with Gasteiger partial charge in [0, 0.05) is 18.8 Å². The molecule has 3 nitrogen and oxygen atoms in total. The molecule has 0 spiro atoms. The fourth-order valence-corrected chi connectivity index (χ4v) is 2.56. The van der Waals surface area contributed by atoms with Crippen LogP contribution in [0.3, 0.4) is 0 Å². The van der Waals surface area contributed by atoms with E-state index in [2.05, 4.69) is 0 Å². The molecule has 0 N–H and O–H groups in total. The Morgan fingerprint density at radius 2 is 1.74 bits per heavy atom. The molecule has 0 saturated carbocycles. The molecule has 23 heavy (non-hydrogen) atoms. The van der Waals surface area contributed by atoms with Gasteiger partial charge in [-0.3, -0.25) is 9.69 Å². The summed E-state index contributed by atoms with van der Waals surface area (Å²) >= 11 is 0. The summed E-state index contributed by atoms with van der Waals surface area (Å²) < 4.78 is 13.3. The highest BCUT2D eigenvalue weighted by Gasteiger charge is 2.17. The van der Waals surface area contributed by atoms with E-state index in [4.69, 9.17) is 0 Å². The number of carbonyl (C=O) groups is 1. The molecule has 0 aromatic heterocycles. The first-order chi connectivity index (χ1) is 11.1. The lowest BCUT2D eigenvalue weighted by atomic mass is 10.2. The molecule has 2 aromatic carbocycles. The SMILES string of the molecule is CCN(CC(=O)N(CC)c1ccccc1)Cc1cccc(F)c1. The summed E-state index contributed by atoms with van der Waals surface area (Å²) in [6.45, 7) is 6.20. The number of hydrogen-bond donors (Lipinski definition) is 0. The average Bonchev–Trinajstić information content (AvgIpc) is 2.56. The molecule has 0 bridgehead atoms. The zero-order valence-electron chi connectivity index (χ0n) is 13.7. The van der Waals surface area contributed by atoms with Crippen molar-refractivity contribution in [3.63, 3.8) is 0 Å². The predicted octanol–water partition coefficient (Wildman–Crippen LogP) is 3.70. The molecule has 0 aliphatic carbocycles. The maximum atomic E-state index is 13.3. The Balaban J connectivity index is 2.04. The lowest BCUT2D eigenvalue weighted by molar-refractivity contribution is -0.119. The minimum atomic E-state index is -0.246. The Morgan fingerprint density at radius 1 is 1.00 bits per heavy atom. The second kappa shape index (κ2) is 8.44. The third kappa shape index (κ3) is 4.89. The molecule has 2 aromatic rings. The summed E-state index contributed by atoms with van der Waals surface area (Å²) in [5, 5.41) is 0. The number of benzene rings is 2. The summed E-state index contributed by atoms with van der Waals surface area (Å²) in [4.78, 5) is 16.4. The van der Waals surface area contributed by atoms with Crippen LogP contribution in [0, 0.1) is 5.82 Å². The van der Waals surface area contributed by atoms with Gasteiger partial charge in [0.25, 0.3) is 0 Å². The number of halogens is 1. The lowest BCUT2D eigenvalue weighted by Crippen LogP contribution is -2.40. The van der Waals surface area contributed by atoms with Gasteiger partial charge in [0.1, 0.15) is 5.82 Å². The van der Waals surface area contributed by atoms with Crippen molar-refractivity contribution in [1.82, 2.24) is 4.90 Å². The molecule has 0 atom stereocenters. The highest BCUT2D eigenvalue weighted by molar-refractivity contribution is 5.94. The molecule has 0 unspecified atom stereocenters. The Bertz CT molecular complexity index is 630. The van der Waals surface area contributed by atoms with E-state index in [0.717, 1.165) is 17.8 Å². The van der Waals surface area contributed by atoms with E-state index in [1.54, 1.807) is 11.0 Å². The monoisotopic (exact) mass is 314 g/mol. The summed E-state index contributed by atoms with van der Waals surface area (Å²) in [7, 11) is 0. The fourth-order valence-electron chi connectivity index (χ4n) is 2.56. The number of amides is 1. The lowest BCUT2D eigenvalue weighted by Gasteiger charge is -2.26. The number of hydrogen-bond acceptors (Lipinski definition) is 2. The number of anilines is 1. The Kier molecular flexibility index (Phi) is 6.29. The number of carbonyl (C=O) groups excluding carboxylic acids is 1. The van der Waals surface area contributed by atoms with Gasteiger partial charge in [-0.25, -0.2) is 4.39 Å². The normalized spacial score (nSPS) is 10.8. The van der Waals surface area contributed by atoms with Crippen LogP contribution in [0.1, 0.15) is 19.4 Å². The second-order valence-electron chi connectivity index (χ2n) is 5.41. The van der Waals surface area contributed by atoms with Crippen molar-refractivity contribution in [3.05, 3.63) is 66.0 Å². The minimum absolute atomic E-state index is 0.0527. The van der Waals surface area contributed by atoms with Crippen LogP contribution in [-0.2, 0) is 11.3 Å². The number of rotatable bonds is 7. The first-order valence-corrected chi connectivity index (χ1v) is 7.96. The van der Waals surface area contributed by atoms with Gasteiger partial charge in [0.15, 0.2) is 0 Å². The van der Waals surface area contributed by atoms with Crippen molar-refractivity contribution >= 4 is 11.6 Å². The second-order valence-corrected chi connectivity index (χ2v) is 5.41. The van der Waals surface area contributed by atoms with Gasteiger partial charge >= 0.3 is 0 Å². The number of para-hydroxylation sites is 1. The number of nitrogens with zero attached hydrogens (tertiary/aromatic N) is 2. The maximum absolute atomic E-state index is 13.3. The molecule has 0 saturated heterocycles. The average molecular weight is 314 g/mol. The van der Waals surface area contributed by atoms with Gasteiger partial charge in [0.05, 0.1) is 6.54 Å². The fraction of sp³-hybridized carbons (Fsp3) is 0.316. The molecule has 1 amide bonds. The molecule has 0 heterocycles. The topological polar surface area (TPSA) is 23.6 Å². The van der Waals surface area contributed by atoms with Crippen LogP contribution in [0.4, 0.5) is 10.1 Å². The summed E-state index contributed by atoms with van der Waals surface area (Å²) in [5.74, 6) is -0.193. The zero-order valence-corrected chi connectivity index (χ0v) is 13.7. The molecule has 0 aliphatic heterocycles. The van der Waals surface area contributed by atoms with E-state index >= 15 is 0 Å². The molecule has 0 fully saturated rings. The highest BCUT2D eigenvalue weighted by Crippen LogP contribution is 2.14. The van der Waals surface area contributed by atoms with Gasteiger partial charge < -0.3 is 4.90 Å². The molecule has 122 valence electrons. The molecular weight excluding hydrogens is 291 g/mol. The number of likely N-dealkylation sites (N-methyl/N-ethyl adjacent to an activating group) is 2. The van der Waals surface area contributed by atoms with Gasteiger partial charge in [-0.15, -0.1) is 0 Å². The van der Waals surface area contributed by atoms with Gasteiger partial charge in [-0.1, -0.05) is 37.3 Å². The van der Waals surface area contributed by atoms with E-state index in [9.17, 15) is 9.18 Å². The van der Waals surface area contributed by atoms with E-state index in [-0.39, 0.29) is 11.7 Å². The van der Waals surface area contributed by atoms with E-state index in [1.807, 2.05) is 55.1 Å². The third-order valence-electron chi connectivity index (χ3n) is 3.79. The van der Waals surface area contributed by atoms with Crippen LogP contribution in [0.5, 0.6) is 0 Å². The zero-order chi connectivity index (χ0) is 16.7. The first-order valence-electron chi connectivity index (χ1n) is 7.96. The van der Waals surface area contributed by atoms with Crippen molar-refractivity contribution in [2.45, 2.75) is 20.4 Å². The first kappa shape index (κ1) is 17.2. The Morgan fingerprint density at radius 3 is 2.35 bits per heavy atom. The third-order valence-corrected chi connectivity index (χ3v) is 3.79. The van der Waals surface area contributed by atoms with Crippen molar-refractivity contribution in [1.29, 1.82) is 0 Å². The largest absolute Gasteiger partial charge is 0.312 e. The van der Waals surface area contributed by atoms with Gasteiger partial charge in [0.2, 0.25) is 5.91 Å². The van der Waals surface area contributed by atoms with Crippen LogP contribution < -0.4 is 4.90 Å². The van der Waals surface area contributed by atoms with E-state index in [1.165, 1.54) is 12.1 Å². The summed E-state index contributed by atoms with van der Waals surface area (Å²) in [6.07, 6.45) is 0. The van der Waals surface area contributed by atoms with Crippen LogP contribution in [0.2, 0.25) is 0 Å². The molecule has 0 aliphatic rings.